The van der Waals surface area contributed by atoms with Crippen LogP contribution in [0.15, 0.2) is 53.4 Å². The maximum Gasteiger partial charge on any atom is 0.338 e. The summed E-state index contributed by atoms with van der Waals surface area (Å²) in [7, 11) is -3.63. The highest BCUT2D eigenvalue weighted by atomic mass is 32.2. The van der Waals surface area contributed by atoms with Gasteiger partial charge in [0.15, 0.2) is 6.10 Å². The molecule has 34 heavy (non-hydrogen) atoms. The number of carbonyl (C=O) groups is 2. The van der Waals surface area contributed by atoms with E-state index in [2.05, 4.69) is 13.8 Å². The lowest BCUT2D eigenvalue weighted by Crippen LogP contribution is -2.42. The second-order valence-electron chi connectivity index (χ2n) is 9.56. The molecule has 8 heteroatoms. The number of carbonyl (C=O) groups excluding carboxylic acids is 2. The van der Waals surface area contributed by atoms with Gasteiger partial charge in [0.1, 0.15) is 0 Å². The Hall–Kier alpha value is -2.71. The topological polar surface area (TPSA) is 84.0 Å². The van der Waals surface area contributed by atoms with E-state index in [1.54, 1.807) is 11.8 Å². The lowest BCUT2D eigenvalue weighted by atomic mass is 9.94. The number of esters is 1. The number of rotatable bonds is 5. The van der Waals surface area contributed by atoms with Crippen molar-refractivity contribution in [3.8, 4) is 0 Å². The van der Waals surface area contributed by atoms with Gasteiger partial charge in [-0.15, -0.1) is 0 Å². The first kappa shape index (κ1) is 24.4. The predicted molar refractivity (Wildman–Crippen MR) is 130 cm³/mol. The average molecular weight is 485 g/mol. The number of benzene rings is 2. The Bertz CT molecular complexity index is 1150. The van der Waals surface area contributed by atoms with Gasteiger partial charge in [0.05, 0.1) is 10.5 Å². The van der Waals surface area contributed by atoms with Crippen LogP contribution in [-0.4, -0.2) is 50.3 Å². The Morgan fingerprint density at radius 3 is 2.32 bits per heavy atom. The van der Waals surface area contributed by atoms with Gasteiger partial charge in [0.25, 0.3) is 5.91 Å². The number of sulfonamides is 1. The van der Waals surface area contributed by atoms with Gasteiger partial charge in [-0.05, 0) is 73.9 Å². The molecule has 3 atom stereocenters. The first-order valence-corrected chi connectivity index (χ1v) is 13.3. The zero-order chi connectivity index (χ0) is 24.5. The SMILES string of the molecule is CC1CC(C)CN(S(=O)(=O)c2ccc(C(=O)OC(C)C(=O)N3CCCc4ccccc43)cc2)C1. The Labute approximate surface area is 201 Å². The summed E-state index contributed by atoms with van der Waals surface area (Å²) in [5.41, 5.74) is 2.17. The first-order valence-electron chi connectivity index (χ1n) is 11.9. The number of amides is 1. The van der Waals surface area contributed by atoms with E-state index in [4.69, 9.17) is 4.74 Å². The number of para-hydroxylation sites is 1. The maximum atomic E-state index is 13.1. The number of hydrogen-bond donors (Lipinski definition) is 0. The first-order chi connectivity index (χ1) is 16.2. The van der Waals surface area contributed by atoms with Crippen LogP contribution in [0.4, 0.5) is 5.69 Å². The second-order valence-corrected chi connectivity index (χ2v) is 11.5. The predicted octanol–water partition coefficient (Wildman–Crippen LogP) is 3.88. The third-order valence-corrected chi connectivity index (χ3v) is 8.42. The Balaban J connectivity index is 1.43. The Morgan fingerprint density at radius 2 is 1.65 bits per heavy atom. The summed E-state index contributed by atoms with van der Waals surface area (Å²) < 4.78 is 33.1. The van der Waals surface area contributed by atoms with Crippen molar-refractivity contribution < 1.29 is 22.7 Å². The van der Waals surface area contributed by atoms with Crippen LogP contribution in [0, 0.1) is 11.8 Å². The number of ether oxygens (including phenoxy) is 1. The van der Waals surface area contributed by atoms with E-state index < -0.39 is 22.1 Å². The summed E-state index contributed by atoms with van der Waals surface area (Å²) in [6.07, 6.45) is 1.82. The number of fused-ring (bicyclic) bond motifs is 1. The zero-order valence-corrected chi connectivity index (χ0v) is 20.8. The van der Waals surface area contributed by atoms with E-state index in [0.29, 0.717) is 31.5 Å². The molecule has 2 aromatic rings. The third-order valence-electron chi connectivity index (χ3n) is 6.57. The van der Waals surface area contributed by atoms with Crippen LogP contribution in [0.1, 0.15) is 49.5 Å². The van der Waals surface area contributed by atoms with Crippen LogP contribution >= 0.6 is 0 Å². The molecule has 1 amide bonds. The molecular formula is C26H32N2O5S. The highest BCUT2D eigenvalue weighted by Gasteiger charge is 2.32. The minimum Gasteiger partial charge on any atom is -0.449 e. The normalized spacial score (nSPS) is 22.0. The van der Waals surface area contributed by atoms with Crippen molar-refractivity contribution in [1.29, 1.82) is 0 Å². The number of hydrogen-bond acceptors (Lipinski definition) is 5. The quantitative estimate of drug-likeness (QED) is 0.602. The van der Waals surface area contributed by atoms with Crippen molar-refractivity contribution in [3.63, 3.8) is 0 Å². The number of nitrogens with zero attached hydrogens (tertiary/aromatic N) is 2. The molecule has 4 rings (SSSR count). The maximum absolute atomic E-state index is 13.1. The number of anilines is 1. The molecule has 0 saturated carbocycles. The van der Waals surface area contributed by atoms with Crippen LogP contribution in [0.3, 0.4) is 0 Å². The van der Waals surface area contributed by atoms with Gasteiger partial charge >= 0.3 is 5.97 Å². The molecule has 2 aromatic carbocycles. The van der Waals surface area contributed by atoms with Crippen molar-refractivity contribution in [2.75, 3.05) is 24.5 Å². The van der Waals surface area contributed by atoms with Gasteiger partial charge in [-0.2, -0.15) is 4.31 Å². The molecule has 1 fully saturated rings. The zero-order valence-electron chi connectivity index (χ0n) is 19.9. The molecule has 2 heterocycles. The van der Waals surface area contributed by atoms with Gasteiger partial charge in [-0.1, -0.05) is 32.0 Å². The fourth-order valence-electron chi connectivity index (χ4n) is 4.98. The standard InChI is InChI=1S/C26H32N2O5S/c1-18-15-19(2)17-27(16-18)34(31,32)23-12-10-22(11-13-23)26(30)33-20(3)25(29)28-14-6-8-21-7-4-5-9-24(21)28/h4-5,7,9-13,18-20H,6,8,14-17H2,1-3H3. The van der Waals surface area contributed by atoms with E-state index in [0.717, 1.165) is 30.5 Å². The minimum absolute atomic E-state index is 0.152. The molecule has 0 aromatic heterocycles. The van der Waals surface area contributed by atoms with E-state index in [1.807, 2.05) is 24.3 Å². The van der Waals surface area contributed by atoms with E-state index in [9.17, 15) is 18.0 Å². The van der Waals surface area contributed by atoms with Crippen LogP contribution in [-0.2, 0) is 26.0 Å². The molecule has 0 aliphatic carbocycles. The lowest BCUT2D eigenvalue weighted by molar-refractivity contribution is -0.126. The molecule has 182 valence electrons. The molecule has 2 aliphatic heterocycles. The van der Waals surface area contributed by atoms with Gasteiger partial charge < -0.3 is 9.64 Å². The highest BCUT2D eigenvalue weighted by Crippen LogP contribution is 2.28. The van der Waals surface area contributed by atoms with Gasteiger partial charge in [0, 0.05) is 25.3 Å². The van der Waals surface area contributed by atoms with Crippen LogP contribution in [0.2, 0.25) is 0 Å². The Morgan fingerprint density at radius 1 is 1.00 bits per heavy atom. The average Bonchev–Trinajstić information content (AvgIpc) is 2.82. The summed E-state index contributed by atoms with van der Waals surface area (Å²) in [6, 6.07) is 13.5. The number of aryl methyl sites for hydroxylation is 1. The summed E-state index contributed by atoms with van der Waals surface area (Å²) in [5.74, 6) is -0.319. The van der Waals surface area contributed by atoms with E-state index in [-0.39, 0.29) is 16.4 Å². The summed E-state index contributed by atoms with van der Waals surface area (Å²) in [4.78, 5) is 27.5. The molecule has 2 aliphatic rings. The van der Waals surface area contributed by atoms with Crippen LogP contribution < -0.4 is 4.90 Å². The molecule has 0 bridgehead atoms. The Kier molecular flexibility index (Phi) is 7.09. The summed E-state index contributed by atoms with van der Waals surface area (Å²) >= 11 is 0. The van der Waals surface area contributed by atoms with Crippen LogP contribution in [0.5, 0.6) is 0 Å². The number of piperidine rings is 1. The molecule has 1 saturated heterocycles. The summed E-state index contributed by atoms with van der Waals surface area (Å²) in [5, 5.41) is 0. The summed E-state index contributed by atoms with van der Waals surface area (Å²) in [6.45, 7) is 7.25. The van der Waals surface area contributed by atoms with Crippen molar-refractivity contribution in [2.24, 2.45) is 11.8 Å². The highest BCUT2D eigenvalue weighted by molar-refractivity contribution is 7.89. The van der Waals surface area contributed by atoms with Gasteiger partial charge in [-0.25, -0.2) is 13.2 Å². The van der Waals surface area contributed by atoms with Crippen molar-refractivity contribution in [2.45, 2.75) is 51.0 Å². The molecule has 0 spiro atoms. The molecule has 0 radical (unpaired) electrons. The molecular weight excluding hydrogens is 452 g/mol. The third kappa shape index (κ3) is 5.03. The second kappa shape index (κ2) is 9.88. The van der Waals surface area contributed by atoms with Crippen LogP contribution in [0.25, 0.3) is 0 Å². The van der Waals surface area contributed by atoms with Crippen molar-refractivity contribution >= 4 is 27.6 Å². The van der Waals surface area contributed by atoms with Gasteiger partial charge in [-0.3, -0.25) is 4.79 Å². The monoisotopic (exact) mass is 484 g/mol. The fourth-order valence-corrected chi connectivity index (χ4v) is 6.65. The lowest BCUT2D eigenvalue weighted by Gasteiger charge is -2.34. The van der Waals surface area contributed by atoms with Gasteiger partial charge in [0.2, 0.25) is 10.0 Å². The molecule has 3 unspecified atom stereocenters. The van der Waals surface area contributed by atoms with Crippen molar-refractivity contribution in [1.82, 2.24) is 4.31 Å². The van der Waals surface area contributed by atoms with Crippen molar-refractivity contribution in [3.05, 3.63) is 59.7 Å². The largest absolute Gasteiger partial charge is 0.449 e. The van der Waals surface area contributed by atoms with E-state index in [1.165, 1.54) is 28.6 Å². The van der Waals surface area contributed by atoms with E-state index >= 15 is 0 Å². The fraction of sp³-hybridized carbons (Fsp3) is 0.462. The smallest absolute Gasteiger partial charge is 0.338 e. The molecule has 0 N–H and O–H groups in total. The molecule has 7 nitrogen and oxygen atoms in total. The minimum atomic E-state index is -3.63.